The van der Waals surface area contributed by atoms with E-state index in [1.807, 2.05) is 0 Å². The van der Waals surface area contributed by atoms with E-state index in [-0.39, 0.29) is 0 Å². The minimum Gasteiger partial charge on any atom is -0.387 e. The van der Waals surface area contributed by atoms with Crippen LogP contribution in [0, 0.1) is 11.3 Å². The number of fused-ring (bicyclic) bond motifs is 2. The summed E-state index contributed by atoms with van der Waals surface area (Å²) in [5, 5.41) is 34.0. The average molecular weight is 525 g/mol. The van der Waals surface area contributed by atoms with Crippen LogP contribution in [0.4, 0.5) is 11.5 Å². The number of hydrogen-bond acceptors (Lipinski definition) is 11. The Balaban J connectivity index is 1.46. The third kappa shape index (κ3) is 4.37. The summed E-state index contributed by atoms with van der Waals surface area (Å²) in [6.07, 6.45) is -2.77. The third-order valence-electron chi connectivity index (χ3n) is 5.52. The maximum Gasteiger partial charge on any atom is 0.481 e. The van der Waals surface area contributed by atoms with Gasteiger partial charge in [-0.05, 0) is 12.1 Å². The molecule has 0 bridgehead atoms. The molecule has 15 nitrogen and oxygen atoms in total. The maximum atomic E-state index is 11.7. The number of nitrogens with zero attached hydrogens (tertiary/aromatic N) is 4. The van der Waals surface area contributed by atoms with Gasteiger partial charge in [-0.3, -0.25) is 4.52 Å². The number of nitriles is 1. The van der Waals surface area contributed by atoms with Crippen LogP contribution < -0.4 is 5.32 Å². The quantitative estimate of drug-likeness (QED) is 0.192. The molecule has 0 spiro atoms. The molecular formula is C18H17N5O10P2. The van der Waals surface area contributed by atoms with E-state index in [1.54, 1.807) is 24.4 Å². The van der Waals surface area contributed by atoms with Crippen LogP contribution in [0.25, 0.3) is 22.2 Å². The highest BCUT2D eigenvalue weighted by Crippen LogP contribution is 2.57. The van der Waals surface area contributed by atoms with Gasteiger partial charge in [-0.25, -0.2) is 19.1 Å². The van der Waals surface area contributed by atoms with Gasteiger partial charge in [-0.1, -0.05) is 6.07 Å². The summed E-state index contributed by atoms with van der Waals surface area (Å²) in [5.41, 5.74) is 2.83. The standard InChI is InChI=1S/C18H17N5O10P2/c19-4-8-1-2-9-10-5-23(17-13(10)16(20-7-21-17)22-11(9)3-8)18-15(25)14(24)12(32-18)6-31-35(29,30)33-34(26,27)28/h1-3,5,7,12,14-15,18,24-25H,6H2,(H,29,30)(H,20,21,22)(H2,26,27,28). The van der Waals surface area contributed by atoms with E-state index in [4.69, 9.17) is 14.5 Å². The Morgan fingerprint density at radius 3 is 2.66 bits per heavy atom. The molecule has 1 fully saturated rings. The van der Waals surface area contributed by atoms with Gasteiger partial charge in [0.15, 0.2) is 6.23 Å². The summed E-state index contributed by atoms with van der Waals surface area (Å²) >= 11 is 0. The summed E-state index contributed by atoms with van der Waals surface area (Å²) in [6, 6.07) is 7.11. The highest BCUT2D eigenvalue weighted by atomic mass is 31.3. The topological polar surface area (TPSA) is 230 Å². The van der Waals surface area contributed by atoms with Crippen LogP contribution in [0.1, 0.15) is 11.8 Å². The monoisotopic (exact) mass is 525 g/mol. The molecule has 5 rings (SSSR count). The zero-order valence-electron chi connectivity index (χ0n) is 17.4. The normalized spacial score (nSPS) is 25.0. The zero-order chi connectivity index (χ0) is 25.1. The fraction of sp³-hybridized carbons (Fsp3) is 0.278. The van der Waals surface area contributed by atoms with Gasteiger partial charge in [-0.15, -0.1) is 0 Å². The number of aromatic nitrogens is 3. The highest BCUT2D eigenvalue weighted by Gasteiger charge is 2.46. The Bertz CT molecular complexity index is 1470. The molecule has 1 saturated heterocycles. The third-order valence-corrected chi connectivity index (χ3v) is 7.68. The van der Waals surface area contributed by atoms with E-state index in [2.05, 4.69) is 30.2 Å². The molecule has 5 atom stereocenters. The lowest BCUT2D eigenvalue weighted by atomic mass is 9.99. The number of nitrogens with one attached hydrogen (secondary N) is 1. The van der Waals surface area contributed by atoms with Crippen LogP contribution >= 0.6 is 15.6 Å². The Hall–Kier alpha value is -2.73. The average Bonchev–Trinajstić information content (AvgIpc) is 3.30. The summed E-state index contributed by atoms with van der Waals surface area (Å²) in [5.74, 6) is 0.454. The molecule has 0 amide bonds. The van der Waals surface area contributed by atoms with Gasteiger partial charge in [0.1, 0.15) is 36.1 Å². The molecule has 17 heteroatoms. The second-order valence-corrected chi connectivity index (χ2v) is 10.6. The number of aliphatic hydroxyl groups is 2. The summed E-state index contributed by atoms with van der Waals surface area (Å²) in [4.78, 5) is 35.4. The molecule has 2 aliphatic rings. The predicted molar refractivity (Wildman–Crippen MR) is 116 cm³/mol. The first-order valence-electron chi connectivity index (χ1n) is 9.90. The second-order valence-electron chi connectivity index (χ2n) is 7.75. The number of ether oxygens (including phenoxy) is 1. The number of phosphoric acid groups is 2. The van der Waals surface area contributed by atoms with Gasteiger partial charge in [-0.2, -0.15) is 9.57 Å². The first-order valence-corrected chi connectivity index (χ1v) is 12.9. The molecule has 2 aromatic heterocycles. The van der Waals surface area contributed by atoms with E-state index >= 15 is 0 Å². The molecule has 0 saturated carbocycles. The van der Waals surface area contributed by atoms with Crippen molar-refractivity contribution < 1.29 is 47.6 Å². The van der Waals surface area contributed by atoms with Gasteiger partial charge >= 0.3 is 15.6 Å². The Kier molecular flexibility index (Phi) is 5.78. The van der Waals surface area contributed by atoms with E-state index in [1.165, 1.54) is 10.9 Å². The summed E-state index contributed by atoms with van der Waals surface area (Å²) in [7, 11) is -10.5. The fourth-order valence-electron chi connectivity index (χ4n) is 4.08. The van der Waals surface area contributed by atoms with Crippen molar-refractivity contribution in [3.8, 4) is 17.2 Å². The molecule has 35 heavy (non-hydrogen) atoms. The Morgan fingerprint density at radius 1 is 1.17 bits per heavy atom. The number of hydrogen-bond donors (Lipinski definition) is 6. The predicted octanol–water partition coefficient (Wildman–Crippen LogP) is 0.872. The first-order chi connectivity index (χ1) is 16.5. The maximum absolute atomic E-state index is 11.7. The lowest BCUT2D eigenvalue weighted by molar-refractivity contribution is -0.0500. The van der Waals surface area contributed by atoms with Crippen molar-refractivity contribution in [1.29, 1.82) is 5.26 Å². The Morgan fingerprint density at radius 2 is 1.94 bits per heavy atom. The van der Waals surface area contributed by atoms with Crippen molar-refractivity contribution >= 4 is 38.2 Å². The van der Waals surface area contributed by atoms with Gasteiger partial charge in [0.25, 0.3) is 0 Å². The van der Waals surface area contributed by atoms with Crippen LogP contribution in [0.2, 0.25) is 0 Å². The molecule has 4 heterocycles. The van der Waals surface area contributed by atoms with Crippen molar-refractivity contribution in [2.45, 2.75) is 24.5 Å². The largest absolute Gasteiger partial charge is 0.481 e. The number of benzene rings is 1. The van der Waals surface area contributed by atoms with E-state index in [9.17, 15) is 29.5 Å². The van der Waals surface area contributed by atoms with Crippen molar-refractivity contribution in [1.82, 2.24) is 14.5 Å². The van der Waals surface area contributed by atoms with Gasteiger partial charge in [0.05, 0.1) is 23.6 Å². The molecular weight excluding hydrogens is 508 g/mol. The minimum atomic E-state index is -5.33. The van der Waals surface area contributed by atoms with E-state index in [0.29, 0.717) is 33.7 Å². The lowest BCUT2D eigenvalue weighted by Crippen LogP contribution is -2.33. The van der Waals surface area contributed by atoms with Crippen molar-refractivity contribution in [3.63, 3.8) is 0 Å². The Labute approximate surface area is 196 Å². The minimum absolute atomic E-state index is 0.350. The van der Waals surface area contributed by atoms with Crippen LogP contribution in [0.5, 0.6) is 0 Å². The molecule has 184 valence electrons. The van der Waals surface area contributed by atoms with Gasteiger partial charge in [0, 0.05) is 23.0 Å². The van der Waals surface area contributed by atoms with Crippen LogP contribution in [0.3, 0.4) is 0 Å². The molecule has 0 radical (unpaired) electrons. The van der Waals surface area contributed by atoms with Crippen molar-refractivity contribution in [3.05, 3.63) is 36.3 Å². The smallest absolute Gasteiger partial charge is 0.387 e. The van der Waals surface area contributed by atoms with E-state index < -0.39 is 46.8 Å². The van der Waals surface area contributed by atoms with Crippen molar-refractivity contribution in [2.24, 2.45) is 0 Å². The number of anilines is 2. The molecule has 6 N–H and O–H groups in total. The fourth-order valence-corrected chi connectivity index (χ4v) is 5.68. The summed E-state index contributed by atoms with van der Waals surface area (Å²) < 4.78 is 37.9. The first kappa shape index (κ1) is 24.0. The highest BCUT2D eigenvalue weighted by molar-refractivity contribution is 7.60. The van der Waals surface area contributed by atoms with Crippen LogP contribution in [0.15, 0.2) is 30.7 Å². The summed E-state index contributed by atoms with van der Waals surface area (Å²) in [6.45, 7) is -0.823. The number of aliphatic hydroxyl groups excluding tert-OH is 2. The molecule has 3 aromatic rings. The van der Waals surface area contributed by atoms with Crippen LogP contribution in [-0.4, -0.2) is 64.3 Å². The lowest BCUT2D eigenvalue weighted by Gasteiger charge is -2.18. The van der Waals surface area contributed by atoms with Gasteiger partial charge in [0.2, 0.25) is 0 Å². The van der Waals surface area contributed by atoms with Crippen LogP contribution in [-0.2, 0) is 22.7 Å². The van der Waals surface area contributed by atoms with E-state index in [0.717, 1.165) is 5.56 Å². The molecule has 5 unspecified atom stereocenters. The van der Waals surface area contributed by atoms with Crippen molar-refractivity contribution in [2.75, 3.05) is 11.9 Å². The van der Waals surface area contributed by atoms with Gasteiger partial charge < -0.3 is 39.5 Å². The second kappa shape index (κ2) is 8.44. The number of rotatable bonds is 6. The SMILES string of the molecule is N#Cc1ccc2c(c1)Nc1ncnc3c1c-2cn3C1OC(COP(=O)(O)OP(=O)(O)O)C(O)C1O. The zero-order valence-corrected chi connectivity index (χ0v) is 19.2. The molecule has 2 aliphatic heterocycles. The molecule has 1 aromatic carbocycles. The number of phosphoric ester groups is 1. The molecule has 0 aliphatic carbocycles.